The van der Waals surface area contributed by atoms with E-state index in [1.54, 1.807) is 0 Å². The van der Waals surface area contributed by atoms with E-state index in [0.717, 1.165) is 0 Å². The molecule has 157 valence electrons. The zero-order valence-electron chi connectivity index (χ0n) is 16.8. The topological polar surface area (TPSA) is 6.48 Å². The maximum Gasteiger partial charge on any atom is 0.0166 e. The van der Waals surface area contributed by atoms with E-state index in [2.05, 4.69) is 82.6 Å². The van der Waals surface area contributed by atoms with Crippen molar-refractivity contribution in [3.05, 3.63) is 72.8 Å². The van der Waals surface area contributed by atoms with Gasteiger partial charge in [0.15, 0.2) is 0 Å². The molecule has 0 amide bonds. The number of fused-ring (bicyclic) bond motifs is 2. The predicted octanol–water partition coefficient (Wildman–Crippen LogP) is 6.32. The second-order valence-corrected chi connectivity index (χ2v) is 8.00. The third kappa shape index (κ3) is 4.07. The largest absolute Gasteiger partial charge is 0.626 e. The number of hydrogen-bond donors (Lipinski definition) is 0. The molecule has 2 aliphatic rings. The zero-order valence-corrected chi connectivity index (χ0v) is 17.9. The van der Waals surface area contributed by atoms with Crippen LogP contribution in [-0.2, 0) is 16.8 Å². The summed E-state index contributed by atoms with van der Waals surface area (Å²) in [5.74, 6) is 0. The summed E-state index contributed by atoms with van der Waals surface area (Å²) in [6.45, 7) is 4.92. The fourth-order valence-corrected chi connectivity index (χ4v) is 4.74. The van der Waals surface area contributed by atoms with Gasteiger partial charge in [0, 0.05) is 29.9 Å². The molecule has 2 fully saturated rings. The molecule has 2 saturated heterocycles. The summed E-state index contributed by atoms with van der Waals surface area (Å²) in [5.41, 5.74) is 2.86. The first-order valence-electron chi connectivity index (χ1n) is 10.7. The van der Waals surface area contributed by atoms with Gasteiger partial charge in [-0.15, -0.1) is 41.8 Å². The van der Waals surface area contributed by atoms with Crippen LogP contribution in [0.3, 0.4) is 0 Å². The molecule has 3 heteroatoms. The third-order valence-corrected chi connectivity index (χ3v) is 6.21. The van der Waals surface area contributed by atoms with Crippen molar-refractivity contribution in [3.63, 3.8) is 0 Å². The number of hydrogen-bond acceptors (Lipinski definition) is 2. The summed E-state index contributed by atoms with van der Waals surface area (Å²) in [6, 6.07) is 26.3. The second kappa shape index (κ2) is 9.06. The normalized spacial score (nSPS) is 16.1. The van der Waals surface area contributed by atoms with E-state index in [1.807, 2.05) is 0 Å². The van der Waals surface area contributed by atoms with E-state index in [9.17, 15) is 0 Å². The summed E-state index contributed by atoms with van der Waals surface area (Å²) in [6.07, 6.45) is 5.39. The van der Waals surface area contributed by atoms with Crippen LogP contribution < -0.4 is 9.80 Å². The van der Waals surface area contributed by atoms with Crippen molar-refractivity contribution < 1.29 is 16.8 Å². The van der Waals surface area contributed by atoms with E-state index in [0.29, 0.717) is 0 Å². The Morgan fingerprint density at radius 3 is 2.28 bits per heavy atom. The average Bonchev–Trinajstić information content (AvgIpc) is 3.54. The van der Waals surface area contributed by atoms with Crippen molar-refractivity contribution in [2.45, 2.75) is 25.7 Å². The monoisotopic (exact) mass is 427 g/mol. The van der Waals surface area contributed by atoms with Crippen LogP contribution in [0.1, 0.15) is 25.7 Å². The molecule has 0 spiro atoms. The van der Waals surface area contributed by atoms with Gasteiger partial charge in [0.1, 0.15) is 0 Å². The fourth-order valence-electron chi connectivity index (χ4n) is 4.74. The first-order valence-corrected chi connectivity index (χ1v) is 10.7. The van der Waals surface area contributed by atoms with Crippen molar-refractivity contribution in [2.75, 3.05) is 36.0 Å². The molecule has 0 bridgehead atoms. The van der Waals surface area contributed by atoms with Crippen LogP contribution in [0.2, 0.25) is 0 Å². The molecular formula is C26H28CoN2-6. The molecule has 0 atom stereocenters. The Hall–Kier alpha value is -2.23. The summed E-state index contributed by atoms with van der Waals surface area (Å²) >= 11 is 0. The van der Waals surface area contributed by atoms with Gasteiger partial charge >= 0.3 is 0 Å². The molecular weight excluding hydrogens is 399 g/mol. The first-order chi connectivity index (χ1) is 13.9. The molecule has 1 radical (unpaired) electrons. The number of benzene rings is 2. The SMILES string of the molecule is [Co].c1cc[c-]2[c-](N3CCCC3)[cH-][cH-][c-]2c1.c1cc[c-]2c(N3CCCC3)ccc2c1. The maximum absolute atomic E-state index is 2.50. The van der Waals surface area contributed by atoms with Crippen LogP contribution in [0.5, 0.6) is 0 Å². The molecule has 4 aromatic rings. The molecule has 29 heavy (non-hydrogen) atoms. The van der Waals surface area contributed by atoms with Crippen molar-refractivity contribution in [1.29, 1.82) is 0 Å². The first kappa shape index (κ1) is 20.1. The minimum atomic E-state index is 0. The van der Waals surface area contributed by atoms with Gasteiger partial charge in [0.05, 0.1) is 0 Å². The average molecular weight is 427 g/mol. The molecule has 2 aliphatic heterocycles. The van der Waals surface area contributed by atoms with Crippen LogP contribution in [0.25, 0.3) is 21.5 Å². The molecule has 0 N–H and O–H groups in total. The molecule has 0 aliphatic carbocycles. The molecule has 6 rings (SSSR count). The molecule has 0 aromatic heterocycles. The summed E-state index contributed by atoms with van der Waals surface area (Å²) < 4.78 is 0. The Morgan fingerprint density at radius 1 is 0.724 bits per heavy atom. The molecule has 0 saturated carbocycles. The van der Waals surface area contributed by atoms with Crippen molar-refractivity contribution in [2.24, 2.45) is 0 Å². The Kier molecular flexibility index (Phi) is 6.27. The standard InChI is InChI=1S/2C13H14N.Co/c2*1-2-6-12-11(5-1)7-8-13(12)14-9-3-4-10-14;/h2*1-2,5-8H,3-4,9-10H2;/q-5;-1;. The third-order valence-electron chi connectivity index (χ3n) is 6.21. The summed E-state index contributed by atoms with van der Waals surface area (Å²) in [5, 5.41) is 5.56. The molecule has 2 heterocycles. The van der Waals surface area contributed by atoms with Gasteiger partial charge in [0.2, 0.25) is 0 Å². The van der Waals surface area contributed by atoms with E-state index >= 15 is 0 Å². The van der Waals surface area contributed by atoms with E-state index in [-0.39, 0.29) is 16.8 Å². The van der Waals surface area contributed by atoms with E-state index in [1.165, 1.54) is 84.8 Å². The van der Waals surface area contributed by atoms with Gasteiger partial charge in [-0.05, 0) is 44.5 Å². The quantitative estimate of drug-likeness (QED) is 0.346. The van der Waals surface area contributed by atoms with Crippen LogP contribution >= 0.6 is 0 Å². The zero-order chi connectivity index (χ0) is 18.8. The number of rotatable bonds is 2. The van der Waals surface area contributed by atoms with Crippen LogP contribution in [0.4, 0.5) is 11.4 Å². The van der Waals surface area contributed by atoms with E-state index < -0.39 is 0 Å². The van der Waals surface area contributed by atoms with Crippen LogP contribution in [0, 0.1) is 0 Å². The number of anilines is 2. The Morgan fingerprint density at radius 2 is 1.45 bits per heavy atom. The van der Waals surface area contributed by atoms with Gasteiger partial charge < -0.3 is 62.7 Å². The van der Waals surface area contributed by atoms with Gasteiger partial charge in [-0.3, -0.25) is 0 Å². The van der Waals surface area contributed by atoms with Gasteiger partial charge in [-0.2, -0.15) is 0 Å². The second-order valence-electron chi connectivity index (χ2n) is 8.00. The summed E-state index contributed by atoms with van der Waals surface area (Å²) in [4.78, 5) is 5.00. The molecule has 2 nitrogen and oxygen atoms in total. The molecule has 4 aromatic carbocycles. The maximum atomic E-state index is 2.50. The minimum Gasteiger partial charge on any atom is -0.626 e. The Bertz CT molecular complexity index is 963. The molecule has 0 unspecified atom stereocenters. The fraction of sp³-hybridized carbons (Fsp3) is 0.308. The van der Waals surface area contributed by atoms with Crippen molar-refractivity contribution in [1.82, 2.24) is 0 Å². The van der Waals surface area contributed by atoms with Crippen LogP contribution in [-0.4, -0.2) is 26.2 Å². The van der Waals surface area contributed by atoms with Crippen molar-refractivity contribution >= 4 is 32.9 Å². The van der Waals surface area contributed by atoms with E-state index in [4.69, 9.17) is 0 Å². The van der Waals surface area contributed by atoms with Gasteiger partial charge in [-0.25, -0.2) is 0 Å². The smallest absolute Gasteiger partial charge is 0.0166 e. The van der Waals surface area contributed by atoms with Gasteiger partial charge in [0.25, 0.3) is 0 Å². The Balaban J connectivity index is 0.000000137. The number of nitrogens with zero attached hydrogens (tertiary/aromatic N) is 2. The van der Waals surface area contributed by atoms with Gasteiger partial charge in [-0.1, -0.05) is 5.39 Å². The predicted molar refractivity (Wildman–Crippen MR) is 122 cm³/mol. The minimum absolute atomic E-state index is 0. The Labute approximate surface area is 184 Å². The summed E-state index contributed by atoms with van der Waals surface area (Å²) in [7, 11) is 0. The van der Waals surface area contributed by atoms with Crippen molar-refractivity contribution in [3.8, 4) is 0 Å². The van der Waals surface area contributed by atoms with Crippen LogP contribution in [0.15, 0.2) is 72.8 Å².